The molecule has 0 aromatic rings. The summed E-state index contributed by atoms with van der Waals surface area (Å²) in [5, 5.41) is 9.60. The minimum absolute atomic E-state index is 0.237. The van der Waals surface area contributed by atoms with Crippen LogP contribution in [0.3, 0.4) is 0 Å². The van der Waals surface area contributed by atoms with E-state index in [9.17, 15) is 14.7 Å². The summed E-state index contributed by atoms with van der Waals surface area (Å²) in [5.74, 6) is -0.474. The number of hydrogen-bond acceptors (Lipinski definition) is 3. The molecule has 0 radical (unpaired) electrons. The average Bonchev–Trinajstić information content (AvgIpc) is 2.46. The number of likely N-dealkylation sites (tertiary alicyclic amines) is 1. The molecule has 80 valence electrons. The summed E-state index contributed by atoms with van der Waals surface area (Å²) >= 11 is 0. The van der Waals surface area contributed by atoms with Gasteiger partial charge in [-0.1, -0.05) is 19.8 Å². The highest BCUT2D eigenvalue weighted by atomic mass is 16.3. The third-order valence-electron chi connectivity index (χ3n) is 2.45. The van der Waals surface area contributed by atoms with Crippen LogP contribution in [0.1, 0.15) is 45.4 Å². The number of carbonyl (C=O) groups excluding carboxylic acids is 2. The van der Waals surface area contributed by atoms with Crippen LogP contribution in [0.4, 0.5) is 0 Å². The second kappa shape index (κ2) is 5.10. The number of amides is 2. The molecular formula is C10H17NO3. The summed E-state index contributed by atoms with van der Waals surface area (Å²) in [6, 6.07) is 0. The lowest BCUT2D eigenvalue weighted by molar-refractivity contribution is -0.149. The van der Waals surface area contributed by atoms with Crippen LogP contribution in [-0.2, 0) is 9.59 Å². The molecule has 1 unspecified atom stereocenters. The molecule has 1 heterocycles. The molecule has 4 heteroatoms. The monoisotopic (exact) mass is 199 g/mol. The molecule has 1 rings (SSSR count). The van der Waals surface area contributed by atoms with E-state index >= 15 is 0 Å². The van der Waals surface area contributed by atoms with E-state index < -0.39 is 6.23 Å². The number of carbonyl (C=O) groups is 2. The van der Waals surface area contributed by atoms with Gasteiger partial charge in [0.05, 0.1) is 0 Å². The second-order valence-electron chi connectivity index (χ2n) is 3.63. The number of hydrogen-bond donors (Lipinski definition) is 1. The van der Waals surface area contributed by atoms with Crippen molar-refractivity contribution in [3.05, 3.63) is 0 Å². The van der Waals surface area contributed by atoms with Gasteiger partial charge in [0.1, 0.15) is 6.23 Å². The molecule has 0 bridgehead atoms. The van der Waals surface area contributed by atoms with Crippen molar-refractivity contribution in [3.8, 4) is 0 Å². The molecule has 0 aliphatic carbocycles. The lowest BCUT2D eigenvalue weighted by atomic mass is 10.2. The zero-order valence-electron chi connectivity index (χ0n) is 8.53. The predicted molar refractivity (Wildman–Crippen MR) is 51.2 cm³/mol. The van der Waals surface area contributed by atoms with Crippen LogP contribution >= 0.6 is 0 Å². The third-order valence-corrected chi connectivity index (χ3v) is 2.45. The number of nitrogens with zero attached hydrogens (tertiary/aromatic N) is 1. The zero-order chi connectivity index (χ0) is 10.6. The van der Waals surface area contributed by atoms with Gasteiger partial charge < -0.3 is 5.11 Å². The van der Waals surface area contributed by atoms with Gasteiger partial charge in [0.25, 0.3) is 0 Å². The van der Waals surface area contributed by atoms with Gasteiger partial charge in [-0.25, -0.2) is 0 Å². The molecule has 4 nitrogen and oxygen atoms in total. The molecule has 0 spiro atoms. The molecule has 14 heavy (non-hydrogen) atoms. The normalized spacial score (nSPS) is 19.1. The predicted octanol–water partition coefficient (Wildman–Crippen LogP) is 1.03. The fourth-order valence-electron chi connectivity index (χ4n) is 1.63. The Morgan fingerprint density at radius 2 is 1.86 bits per heavy atom. The first-order valence-electron chi connectivity index (χ1n) is 5.19. The first-order valence-corrected chi connectivity index (χ1v) is 5.19. The van der Waals surface area contributed by atoms with Crippen LogP contribution in [0, 0.1) is 0 Å². The summed E-state index contributed by atoms with van der Waals surface area (Å²) < 4.78 is 0. The minimum Gasteiger partial charge on any atom is -0.373 e. The van der Waals surface area contributed by atoms with Gasteiger partial charge in [0.15, 0.2) is 0 Å². The highest BCUT2D eigenvalue weighted by Crippen LogP contribution is 2.17. The van der Waals surface area contributed by atoms with E-state index in [0.717, 1.165) is 24.2 Å². The van der Waals surface area contributed by atoms with Crippen LogP contribution in [-0.4, -0.2) is 28.0 Å². The Morgan fingerprint density at radius 1 is 1.29 bits per heavy atom. The van der Waals surface area contributed by atoms with Gasteiger partial charge in [0.2, 0.25) is 11.8 Å². The summed E-state index contributed by atoms with van der Waals surface area (Å²) in [7, 11) is 0. The highest BCUT2D eigenvalue weighted by molar-refractivity contribution is 6.02. The van der Waals surface area contributed by atoms with Gasteiger partial charge in [-0.3, -0.25) is 14.5 Å². The first-order chi connectivity index (χ1) is 6.66. The van der Waals surface area contributed by atoms with E-state index in [4.69, 9.17) is 0 Å². The second-order valence-corrected chi connectivity index (χ2v) is 3.63. The first kappa shape index (κ1) is 11.2. The van der Waals surface area contributed by atoms with Crippen molar-refractivity contribution < 1.29 is 14.7 Å². The molecule has 1 N–H and O–H groups in total. The number of unbranched alkanes of at least 4 members (excludes halogenated alkanes) is 2. The fourth-order valence-corrected chi connectivity index (χ4v) is 1.63. The summed E-state index contributed by atoms with van der Waals surface area (Å²) in [6.45, 7) is 2.07. The van der Waals surface area contributed by atoms with E-state index in [1.54, 1.807) is 0 Å². The van der Waals surface area contributed by atoms with Crippen molar-refractivity contribution in [2.24, 2.45) is 0 Å². The largest absolute Gasteiger partial charge is 0.373 e. The zero-order valence-corrected chi connectivity index (χ0v) is 8.53. The van der Waals surface area contributed by atoms with Crippen LogP contribution in [0.25, 0.3) is 0 Å². The topological polar surface area (TPSA) is 57.6 Å². The van der Waals surface area contributed by atoms with Gasteiger partial charge >= 0.3 is 0 Å². The SMILES string of the molecule is CCCCCC(O)N1C(=O)CCC1=O. The maximum atomic E-state index is 11.2. The molecule has 1 fully saturated rings. The van der Waals surface area contributed by atoms with Crippen molar-refractivity contribution in [1.82, 2.24) is 4.90 Å². The average molecular weight is 199 g/mol. The van der Waals surface area contributed by atoms with Crippen LogP contribution < -0.4 is 0 Å². The van der Waals surface area contributed by atoms with Gasteiger partial charge in [0, 0.05) is 12.8 Å². The Morgan fingerprint density at radius 3 is 2.36 bits per heavy atom. The van der Waals surface area contributed by atoms with Crippen LogP contribution in [0.5, 0.6) is 0 Å². The Hall–Kier alpha value is -0.900. The van der Waals surface area contributed by atoms with Crippen molar-refractivity contribution in [2.45, 2.75) is 51.7 Å². The summed E-state index contributed by atoms with van der Waals surface area (Å²) in [4.78, 5) is 23.4. The molecule has 0 saturated carbocycles. The molecule has 0 aromatic carbocycles. The van der Waals surface area contributed by atoms with E-state index in [0.29, 0.717) is 6.42 Å². The molecule has 2 amide bonds. The lowest BCUT2D eigenvalue weighted by Gasteiger charge is -2.20. The number of rotatable bonds is 5. The maximum absolute atomic E-state index is 11.2. The Balaban J connectivity index is 2.39. The Kier molecular flexibility index (Phi) is 4.07. The smallest absolute Gasteiger partial charge is 0.231 e. The fraction of sp³-hybridized carbons (Fsp3) is 0.800. The van der Waals surface area contributed by atoms with Crippen LogP contribution in [0.2, 0.25) is 0 Å². The molecule has 1 atom stereocenters. The summed E-state index contributed by atoms with van der Waals surface area (Å²) in [5.41, 5.74) is 0. The van der Waals surface area contributed by atoms with Gasteiger partial charge in [-0.15, -0.1) is 0 Å². The highest BCUT2D eigenvalue weighted by Gasteiger charge is 2.33. The summed E-state index contributed by atoms with van der Waals surface area (Å²) in [6.07, 6.45) is 3.05. The maximum Gasteiger partial charge on any atom is 0.231 e. The van der Waals surface area contributed by atoms with Crippen molar-refractivity contribution in [3.63, 3.8) is 0 Å². The van der Waals surface area contributed by atoms with Crippen molar-refractivity contribution >= 4 is 11.8 Å². The van der Waals surface area contributed by atoms with Crippen molar-refractivity contribution in [1.29, 1.82) is 0 Å². The van der Waals surface area contributed by atoms with E-state index in [1.165, 1.54) is 0 Å². The molecule has 0 aromatic heterocycles. The Labute approximate surface area is 83.9 Å². The number of aliphatic hydroxyl groups is 1. The quantitative estimate of drug-likeness (QED) is 0.531. The van der Waals surface area contributed by atoms with E-state index in [-0.39, 0.29) is 24.7 Å². The number of imide groups is 1. The van der Waals surface area contributed by atoms with E-state index in [2.05, 4.69) is 6.92 Å². The number of aliphatic hydroxyl groups excluding tert-OH is 1. The molecule has 1 aliphatic rings. The molecule has 1 saturated heterocycles. The van der Waals surface area contributed by atoms with E-state index in [1.807, 2.05) is 0 Å². The molecular weight excluding hydrogens is 182 g/mol. The van der Waals surface area contributed by atoms with Gasteiger partial charge in [-0.2, -0.15) is 0 Å². The third kappa shape index (κ3) is 2.54. The van der Waals surface area contributed by atoms with Gasteiger partial charge in [-0.05, 0) is 12.8 Å². The molecule has 1 aliphatic heterocycles. The lowest BCUT2D eigenvalue weighted by Crippen LogP contribution is -2.39. The van der Waals surface area contributed by atoms with Crippen molar-refractivity contribution in [2.75, 3.05) is 0 Å². The Bertz CT molecular complexity index is 211. The standard InChI is InChI=1S/C10H17NO3/c1-2-3-4-5-8(12)11-9(13)6-7-10(11)14/h8,12H,2-7H2,1H3. The minimum atomic E-state index is -0.899. The van der Waals surface area contributed by atoms with Crippen LogP contribution in [0.15, 0.2) is 0 Å².